The Morgan fingerprint density at radius 2 is 1.93 bits per heavy atom. The number of nitrogens with zero attached hydrogens (tertiary/aromatic N) is 2. The van der Waals surface area contributed by atoms with Gasteiger partial charge in [-0.05, 0) is 56.2 Å². The van der Waals surface area contributed by atoms with Crippen molar-refractivity contribution in [2.45, 2.75) is 32.6 Å². The number of carbonyl (C=O) groups excluding carboxylic acids is 2. The highest BCUT2D eigenvalue weighted by Crippen LogP contribution is 2.19. The summed E-state index contributed by atoms with van der Waals surface area (Å²) in [5.74, 6) is 0.920. The summed E-state index contributed by atoms with van der Waals surface area (Å²) in [7, 11) is 0. The Hall–Kier alpha value is -2.87. The molecule has 2 heterocycles. The van der Waals surface area contributed by atoms with Gasteiger partial charge in [-0.3, -0.25) is 14.7 Å². The molecular formula is C20H21FN4O2S. The third-order valence-electron chi connectivity index (χ3n) is 4.15. The molecule has 2 aromatic heterocycles. The molecule has 0 aliphatic carbocycles. The third-order valence-corrected chi connectivity index (χ3v) is 5.40. The molecule has 1 amide bonds. The van der Waals surface area contributed by atoms with Gasteiger partial charge in [-0.15, -0.1) is 11.3 Å². The molecule has 0 atom stereocenters. The van der Waals surface area contributed by atoms with Gasteiger partial charge in [0, 0.05) is 29.8 Å². The lowest BCUT2D eigenvalue weighted by atomic mass is 10.2. The number of H-pyrrole nitrogens is 1. The summed E-state index contributed by atoms with van der Waals surface area (Å²) in [6, 6.07) is 9.75. The lowest BCUT2D eigenvalue weighted by molar-refractivity contribution is -0.121. The molecule has 0 saturated carbocycles. The van der Waals surface area contributed by atoms with E-state index in [9.17, 15) is 14.0 Å². The number of amides is 1. The van der Waals surface area contributed by atoms with Crippen molar-refractivity contribution in [2.75, 3.05) is 6.54 Å². The molecule has 3 aromatic rings. The van der Waals surface area contributed by atoms with Crippen LogP contribution in [0.3, 0.4) is 0 Å². The van der Waals surface area contributed by atoms with Gasteiger partial charge in [0.25, 0.3) is 0 Å². The Kier molecular flexibility index (Phi) is 6.65. The fraction of sp³-hybridized carbons (Fsp3) is 0.300. The first kappa shape index (κ1) is 19.9. The maximum Gasteiger partial charge on any atom is 0.220 e. The number of halogens is 1. The average molecular weight is 400 g/mol. The molecule has 0 unspecified atom stereocenters. The topological polar surface area (TPSA) is 87.7 Å². The molecule has 0 saturated heterocycles. The van der Waals surface area contributed by atoms with Crippen molar-refractivity contribution in [3.8, 4) is 11.4 Å². The van der Waals surface area contributed by atoms with Crippen molar-refractivity contribution in [2.24, 2.45) is 0 Å². The standard InChI is InChI=1S/C20H21FN4O2S/c1-13(26)17-10-9-16(28-17)3-2-4-19(27)22-12-11-18-23-20(25-24-18)14-5-7-15(21)8-6-14/h5-10H,2-4,11-12H2,1H3,(H,22,27)(H,23,24,25). The summed E-state index contributed by atoms with van der Waals surface area (Å²) >= 11 is 1.49. The van der Waals surface area contributed by atoms with Crippen LogP contribution in [0.1, 0.15) is 40.1 Å². The molecule has 0 spiro atoms. The second-order valence-electron chi connectivity index (χ2n) is 6.39. The van der Waals surface area contributed by atoms with Crippen molar-refractivity contribution in [3.05, 3.63) is 57.8 Å². The van der Waals surface area contributed by atoms with E-state index in [-0.39, 0.29) is 17.5 Å². The van der Waals surface area contributed by atoms with Crippen LogP contribution < -0.4 is 5.32 Å². The monoisotopic (exact) mass is 400 g/mol. The molecular weight excluding hydrogens is 379 g/mol. The van der Waals surface area contributed by atoms with E-state index in [0.717, 1.165) is 28.2 Å². The zero-order valence-electron chi connectivity index (χ0n) is 15.5. The zero-order valence-corrected chi connectivity index (χ0v) is 16.3. The quantitative estimate of drug-likeness (QED) is 0.538. The summed E-state index contributed by atoms with van der Waals surface area (Å²) in [5, 5.41) is 9.82. The predicted molar refractivity (Wildman–Crippen MR) is 106 cm³/mol. The Morgan fingerprint density at radius 1 is 1.14 bits per heavy atom. The molecule has 6 nitrogen and oxygen atoms in total. The molecule has 28 heavy (non-hydrogen) atoms. The maximum atomic E-state index is 13.0. The van der Waals surface area contributed by atoms with Crippen LogP contribution in [-0.4, -0.2) is 33.4 Å². The number of nitrogens with one attached hydrogen (secondary N) is 2. The minimum atomic E-state index is -0.305. The molecule has 146 valence electrons. The molecule has 0 radical (unpaired) electrons. The first-order valence-corrected chi connectivity index (χ1v) is 9.86. The molecule has 0 aliphatic heterocycles. The summed E-state index contributed by atoms with van der Waals surface area (Å²) < 4.78 is 13.0. The van der Waals surface area contributed by atoms with Crippen LogP contribution in [0.15, 0.2) is 36.4 Å². The number of carbonyl (C=O) groups is 2. The van der Waals surface area contributed by atoms with Crippen molar-refractivity contribution >= 4 is 23.0 Å². The highest BCUT2D eigenvalue weighted by Gasteiger charge is 2.08. The van der Waals surface area contributed by atoms with Gasteiger partial charge >= 0.3 is 0 Å². The molecule has 0 aliphatic rings. The summed E-state index contributed by atoms with van der Waals surface area (Å²) in [4.78, 5) is 29.5. The van der Waals surface area contributed by atoms with Crippen LogP contribution in [0.4, 0.5) is 4.39 Å². The third kappa shape index (κ3) is 5.56. The van der Waals surface area contributed by atoms with Crippen molar-refractivity contribution in [1.82, 2.24) is 20.5 Å². The van der Waals surface area contributed by atoms with Crippen LogP contribution in [0.2, 0.25) is 0 Å². The minimum absolute atomic E-state index is 0.0124. The number of thiophene rings is 1. The number of aromatic nitrogens is 3. The average Bonchev–Trinajstić information content (AvgIpc) is 3.32. The second-order valence-corrected chi connectivity index (χ2v) is 7.56. The number of aromatic amines is 1. The smallest absolute Gasteiger partial charge is 0.220 e. The summed E-state index contributed by atoms with van der Waals surface area (Å²) in [6.07, 6.45) is 2.49. The molecule has 0 bridgehead atoms. The summed E-state index contributed by atoms with van der Waals surface area (Å²) in [5.41, 5.74) is 0.731. The van der Waals surface area contributed by atoms with Crippen LogP contribution in [-0.2, 0) is 17.6 Å². The first-order chi connectivity index (χ1) is 13.5. The van der Waals surface area contributed by atoms with Crippen molar-refractivity contribution in [3.63, 3.8) is 0 Å². The highest BCUT2D eigenvalue weighted by molar-refractivity contribution is 7.14. The molecule has 0 fully saturated rings. The number of benzene rings is 1. The van der Waals surface area contributed by atoms with Gasteiger partial charge in [0.15, 0.2) is 11.6 Å². The fourth-order valence-electron chi connectivity index (χ4n) is 2.67. The number of hydrogen-bond acceptors (Lipinski definition) is 5. The van der Waals surface area contributed by atoms with Crippen molar-refractivity contribution < 1.29 is 14.0 Å². The Labute approximate surface area is 166 Å². The predicted octanol–water partition coefficient (Wildman–Crippen LogP) is 3.56. The first-order valence-electron chi connectivity index (χ1n) is 9.05. The van der Waals surface area contributed by atoms with Crippen LogP contribution in [0.5, 0.6) is 0 Å². The molecule has 8 heteroatoms. The van der Waals surface area contributed by atoms with Crippen LogP contribution >= 0.6 is 11.3 Å². The van der Waals surface area contributed by atoms with Gasteiger partial charge in [0.2, 0.25) is 5.91 Å². The summed E-state index contributed by atoms with van der Waals surface area (Å²) in [6.45, 7) is 2.02. The Balaban J connectivity index is 1.37. The normalized spacial score (nSPS) is 10.8. The molecule has 2 N–H and O–H groups in total. The Bertz CT molecular complexity index is 949. The van der Waals surface area contributed by atoms with E-state index in [1.807, 2.05) is 12.1 Å². The van der Waals surface area contributed by atoms with Crippen LogP contribution in [0, 0.1) is 5.82 Å². The number of ketones is 1. The van der Waals surface area contributed by atoms with E-state index in [4.69, 9.17) is 0 Å². The van der Waals surface area contributed by atoms with E-state index in [1.165, 1.54) is 23.5 Å². The molecule has 3 rings (SSSR count). The van der Waals surface area contributed by atoms with Gasteiger partial charge in [-0.2, -0.15) is 5.10 Å². The van der Waals surface area contributed by atoms with E-state index in [2.05, 4.69) is 20.5 Å². The SMILES string of the molecule is CC(=O)c1ccc(CCCC(=O)NCCc2nc(-c3ccc(F)cc3)n[nH]2)s1. The maximum absolute atomic E-state index is 13.0. The minimum Gasteiger partial charge on any atom is -0.356 e. The van der Waals surface area contributed by atoms with Gasteiger partial charge in [-0.1, -0.05) is 0 Å². The van der Waals surface area contributed by atoms with Gasteiger partial charge in [0.05, 0.1) is 4.88 Å². The van der Waals surface area contributed by atoms with E-state index < -0.39 is 0 Å². The van der Waals surface area contributed by atoms with Gasteiger partial charge in [-0.25, -0.2) is 9.37 Å². The largest absolute Gasteiger partial charge is 0.356 e. The number of Topliss-reactive ketones (excluding diaryl/α,β-unsaturated/α-hetero) is 1. The molecule has 1 aromatic carbocycles. The van der Waals surface area contributed by atoms with E-state index in [1.54, 1.807) is 19.1 Å². The van der Waals surface area contributed by atoms with Crippen molar-refractivity contribution in [1.29, 1.82) is 0 Å². The highest BCUT2D eigenvalue weighted by atomic mass is 32.1. The zero-order chi connectivity index (χ0) is 19.9. The lowest BCUT2D eigenvalue weighted by Crippen LogP contribution is -2.25. The number of aryl methyl sites for hydroxylation is 1. The number of rotatable bonds is 9. The number of hydrogen-bond donors (Lipinski definition) is 2. The van der Waals surface area contributed by atoms with Crippen LogP contribution in [0.25, 0.3) is 11.4 Å². The Morgan fingerprint density at radius 3 is 2.64 bits per heavy atom. The second kappa shape index (κ2) is 9.36. The van der Waals surface area contributed by atoms with Gasteiger partial charge in [0.1, 0.15) is 11.6 Å². The van der Waals surface area contributed by atoms with E-state index >= 15 is 0 Å². The fourth-order valence-corrected chi connectivity index (χ4v) is 3.61. The van der Waals surface area contributed by atoms with E-state index in [0.29, 0.717) is 31.0 Å². The van der Waals surface area contributed by atoms with Gasteiger partial charge < -0.3 is 5.32 Å². The lowest BCUT2D eigenvalue weighted by Gasteiger charge is -2.03.